The van der Waals surface area contributed by atoms with Crippen molar-refractivity contribution in [3.63, 3.8) is 0 Å². The first kappa shape index (κ1) is 34.1. The SMILES string of the molecule is C.C[Si](C)(C)I.Clc1cccc(C2C=CCN2)c1.O=C(OCc1ccccc1)N1CC=CC1c1cccc(Cl)c1. The number of nitrogens with one attached hydrogen (secondary N) is 1. The maximum absolute atomic E-state index is 12.3. The molecular formula is C32H39Cl2IN2O2Si. The molecule has 8 heteroatoms. The Morgan fingerprint density at radius 1 is 0.925 bits per heavy atom. The minimum atomic E-state index is -0.641. The molecule has 0 aliphatic carbocycles. The summed E-state index contributed by atoms with van der Waals surface area (Å²) in [5.41, 5.74) is 2.55. The van der Waals surface area contributed by atoms with Crippen LogP contribution < -0.4 is 5.32 Å². The van der Waals surface area contributed by atoms with Gasteiger partial charge in [-0.1, -0.05) is 129 Å². The number of ether oxygens (including phenoxy) is 1. The highest BCUT2D eigenvalue weighted by Crippen LogP contribution is 2.29. The molecule has 0 fully saturated rings. The molecule has 1 N–H and O–H groups in total. The highest BCUT2D eigenvalue weighted by molar-refractivity contribution is 14.1. The van der Waals surface area contributed by atoms with Crippen molar-refractivity contribution in [3.05, 3.63) is 130 Å². The van der Waals surface area contributed by atoms with Gasteiger partial charge in [0.15, 0.2) is 0 Å². The second kappa shape index (κ2) is 17.0. The monoisotopic (exact) mass is 708 g/mol. The standard InChI is InChI=1S/C18H16ClNO2.C10H10ClN.C3H9ISi.CH4/c19-16-9-4-8-15(12-16)17-10-5-11-20(17)18(21)22-13-14-6-2-1-3-7-14;11-9-4-1-3-8(7-9)10-5-2-6-12-10;1-5(2,3)4;/h1-10,12,17H,11,13H2;1-5,7,10,12H,6H2;1-3H3;1H4. The third-order valence-electron chi connectivity index (χ3n) is 5.58. The number of carbonyl (C=O) groups is 1. The molecule has 4 nitrogen and oxygen atoms in total. The quantitative estimate of drug-likeness (QED) is 0.127. The first-order valence-corrected chi connectivity index (χ1v) is 20.2. The second-order valence-electron chi connectivity index (χ2n) is 10.1. The van der Waals surface area contributed by atoms with Crippen LogP contribution in [-0.4, -0.2) is 29.7 Å². The Kier molecular flexibility index (Phi) is 14.5. The molecule has 0 aromatic heterocycles. The number of rotatable bonds is 4. The summed E-state index contributed by atoms with van der Waals surface area (Å²) >= 11 is 14.4. The third-order valence-corrected chi connectivity index (χ3v) is 6.05. The van der Waals surface area contributed by atoms with E-state index >= 15 is 0 Å². The van der Waals surface area contributed by atoms with Crippen molar-refractivity contribution in [1.82, 2.24) is 10.2 Å². The number of amides is 1. The van der Waals surface area contributed by atoms with E-state index in [1.165, 1.54) is 5.56 Å². The maximum atomic E-state index is 12.3. The van der Waals surface area contributed by atoms with Gasteiger partial charge in [-0.25, -0.2) is 4.79 Å². The molecule has 214 valence electrons. The normalized spacial score (nSPS) is 17.2. The van der Waals surface area contributed by atoms with Gasteiger partial charge in [0.25, 0.3) is 0 Å². The summed E-state index contributed by atoms with van der Waals surface area (Å²) in [4.78, 5) is 14.0. The fourth-order valence-electron chi connectivity index (χ4n) is 3.89. The second-order valence-corrected chi connectivity index (χ2v) is 24.8. The highest BCUT2D eigenvalue weighted by Gasteiger charge is 2.27. The lowest BCUT2D eigenvalue weighted by Crippen LogP contribution is -2.31. The van der Waals surface area contributed by atoms with Crippen molar-refractivity contribution in [2.24, 2.45) is 0 Å². The minimum Gasteiger partial charge on any atom is -0.445 e. The molecule has 2 atom stereocenters. The summed E-state index contributed by atoms with van der Waals surface area (Å²) in [6, 6.07) is 25.4. The van der Waals surface area contributed by atoms with Gasteiger partial charge in [-0.2, -0.15) is 0 Å². The van der Waals surface area contributed by atoms with E-state index in [2.05, 4.69) is 65.0 Å². The van der Waals surface area contributed by atoms with E-state index in [1.54, 1.807) is 4.90 Å². The van der Waals surface area contributed by atoms with Gasteiger partial charge in [0.2, 0.25) is 0 Å². The first-order valence-electron chi connectivity index (χ1n) is 12.8. The Bertz CT molecular complexity index is 1260. The fraction of sp³-hybridized carbons (Fsp3) is 0.281. The topological polar surface area (TPSA) is 41.6 Å². The Balaban J connectivity index is 0.000000261. The van der Waals surface area contributed by atoms with Crippen LogP contribution in [0, 0.1) is 0 Å². The predicted octanol–water partition coefficient (Wildman–Crippen LogP) is 10.0. The van der Waals surface area contributed by atoms with E-state index < -0.39 is 5.57 Å². The summed E-state index contributed by atoms with van der Waals surface area (Å²) in [5, 5.41) is 4.79. The van der Waals surface area contributed by atoms with E-state index in [4.69, 9.17) is 27.9 Å². The first-order chi connectivity index (χ1) is 18.6. The summed E-state index contributed by atoms with van der Waals surface area (Å²) in [7, 11) is 0. The molecule has 2 aliphatic heterocycles. The number of benzene rings is 3. The van der Waals surface area contributed by atoms with Crippen LogP contribution in [0.3, 0.4) is 0 Å². The molecule has 5 rings (SSSR count). The van der Waals surface area contributed by atoms with Gasteiger partial charge in [0.05, 0.1) is 12.1 Å². The fourth-order valence-corrected chi connectivity index (χ4v) is 4.29. The van der Waals surface area contributed by atoms with Crippen LogP contribution in [0.1, 0.15) is 36.2 Å². The van der Waals surface area contributed by atoms with Gasteiger partial charge in [0.1, 0.15) is 12.2 Å². The summed E-state index contributed by atoms with van der Waals surface area (Å²) in [5.74, 6) is 0. The Labute approximate surface area is 263 Å². The molecule has 0 spiro atoms. The van der Waals surface area contributed by atoms with Crippen LogP contribution in [0.25, 0.3) is 0 Å². The van der Waals surface area contributed by atoms with Crippen molar-refractivity contribution in [1.29, 1.82) is 0 Å². The largest absolute Gasteiger partial charge is 0.445 e. The number of hydrogen-bond donors (Lipinski definition) is 1. The number of nitrogens with zero attached hydrogens (tertiary/aromatic N) is 1. The van der Waals surface area contributed by atoms with Gasteiger partial charge in [-0.05, 0) is 41.0 Å². The summed E-state index contributed by atoms with van der Waals surface area (Å²) in [6.45, 7) is 8.72. The summed E-state index contributed by atoms with van der Waals surface area (Å²) in [6.07, 6.45) is 7.93. The van der Waals surface area contributed by atoms with Crippen LogP contribution >= 0.6 is 45.0 Å². The highest BCUT2D eigenvalue weighted by atomic mass is 127. The molecule has 3 aromatic carbocycles. The van der Waals surface area contributed by atoms with Gasteiger partial charge < -0.3 is 10.1 Å². The van der Waals surface area contributed by atoms with Crippen molar-refractivity contribution in [3.8, 4) is 0 Å². The van der Waals surface area contributed by atoms with Gasteiger partial charge in [-0.15, -0.1) is 21.8 Å². The van der Waals surface area contributed by atoms with Crippen LogP contribution in [0.5, 0.6) is 0 Å². The Hall–Kier alpha value is -2.10. The average molecular weight is 710 g/mol. The number of halogens is 3. The lowest BCUT2D eigenvalue weighted by atomic mass is 10.1. The van der Waals surface area contributed by atoms with E-state index in [1.807, 2.05) is 84.9 Å². The zero-order chi connectivity index (χ0) is 28.3. The van der Waals surface area contributed by atoms with Crippen LogP contribution in [-0.2, 0) is 11.3 Å². The third kappa shape index (κ3) is 12.2. The molecule has 0 saturated heterocycles. The zero-order valence-electron chi connectivity index (χ0n) is 22.5. The molecule has 40 heavy (non-hydrogen) atoms. The van der Waals surface area contributed by atoms with Gasteiger partial charge in [-0.3, -0.25) is 4.90 Å². The lowest BCUT2D eigenvalue weighted by Gasteiger charge is -2.24. The molecule has 3 aromatic rings. The molecule has 0 bridgehead atoms. The van der Waals surface area contributed by atoms with E-state index in [0.29, 0.717) is 17.6 Å². The molecule has 2 unspecified atom stereocenters. The minimum absolute atomic E-state index is 0. The molecule has 0 radical (unpaired) electrons. The zero-order valence-corrected chi connectivity index (χ0v) is 27.2. The van der Waals surface area contributed by atoms with Crippen LogP contribution in [0.15, 0.2) is 103 Å². The van der Waals surface area contributed by atoms with Gasteiger partial charge >= 0.3 is 6.09 Å². The van der Waals surface area contributed by atoms with E-state index in [0.717, 1.165) is 22.7 Å². The van der Waals surface area contributed by atoms with E-state index in [-0.39, 0.29) is 26.2 Å². The molecule has 2 aliphatic rings. The molecule has 1 amide bonds. The van der Waals surface area contributed by atoms with Crippen LogP contribution in [0.4, 0.5) is 4.79 Å². The Morgan fingerprint density at radius 2 is 1.52 bits per heavy atom. The van der Waals surface area contributed by atoms with Crippen molar-refractivity contribution < 1.29 is 9.53 Å². The predicted molar refractivity (Wildman–Crippen MR) is 182 cm³/mol. The Morgan fingerprint density at radius 3 is 2.10 bits per heavy atom. The molecule has 2 heterocycles. The average Bonchev–Trinajstić information content (AvgIpc) is 3.60. The molecule has 0 saturated carbocycles. The lowest BCUT2D eigenvalue weighted by molar-refractivity contribution is 0.0949. The number of hydrogen-bond acceptors (Lipinski definition) is 3. The van der Waals surface area contributed by atoms with Crippen molar-refractivity contribution >= 4 is 56.7 Å². The smallest absolute Gasteiger partial charge is 0.411 e. The van der Waals surface area contributed by atoms with Crippen molar-refractivity contribution in [2.75, 3.05) is 13.1 Å². The van der Waals surface area contributed by atoms with E-state index in [9.17, 15) is 4.79 Å². The van der Waals surface area contributed by atoms with Crippen LogP contribution in [0.2, 0.25) is 29.7 Å². The molecular weight excluding hydrogens is 670 g/mol. The maximum Gasteiger partial charge on any atom is 0.411 e. The van der Waals surface area contributed by atoms with Crippen molar-refractivity contribution in [2.45, 2.75) is 45.8 Å². The number of carbonyl (C=O) groups excluding carboxylic acids is 1. The summed E-state index contributed by atoms with van der Waals surface area (Å²) < 4.78 is 5.41. The van der Waals surface area contributed by atoms with Gasteiger partial charge in [0, 0.05) is 23.1 Å².